The zero-order valence-corrected chi connectivity index (χ0v) is 24.2. The van der Waals surface area contributed by atoms with Gasteiger partial charge in [-0.3, -0.25) is 4.90 Å². The molecular formula is C32H45NO5. The van der Waals surface area contributed by atoms with Crippen LogP contribution in [0.4, 0.5) is 4.79 Å². The van der Waals surface area contributed by atoms with Gasteiger partial charge >= 0.3 is 6.09 Å². The van der Waals surface area contributed by atoms with Crippen LogP contribution < -0.4 is 4.74 Å². The highest BCUT2D eigenvalue weighted by atomic mass is 16.7. The van der Waals surface area contributed by atoms with Crippen LogP contribution in [0.15, 0.2) is 18.2 Å². The summed E-state index contributed by atoms with van der Waals surface area (Å²) in [6.07, 6.45) is 6.93. The Hall–Kier alpha value is -2.23. The summed E-state index contributed by atoms with van der Waals surface area (Å²) in [4.78, 5) is 13.9. The Balaban J connectivity index is 1.56. The van der Waals surface area contributed by atoms with Gasteiger partial charge in [-0.25, -0.2) is 4.79 Å². The topological polar surface area (TPSA) is 68.2 Å². The number of hydrogen-bond acceptors (Lipinski definition) is 4. The predicted molar refractivity (Wildman–Crippen MR) is 147 cm³/mol. The second-order valence-electron chi connectivity index (χ2n) is 14.1. The lowest BCUT2D eigenvalue weighted by Crippen LogP contribution is -2.66. The number of benzene rings is 1. The minimum atomic E-state index is -1.12. The molecule has 1 saturated heterocycles. The molecule has 1 aromatic carbocycles. The van der Waals surface area contributed by atoms with Gasteiger partial charge in [0.1, 0.15) is 5.75 Å². The molecule has 1 amide bonds. The Morgan fingerprint density at radius 1 is 1.05 bits per heavy atom. The number of carbonyl (C=O) groups is 1. The first-order chi connectivity index (χ1) is 17.7. The molecule has 4 bridgehead atoms. The molecule has 5 fully saturated rings. The molecule has 1 heterocycles. The van der Waals surface area contributed by atoms with Crippen molar-refractivity contribution in [2.24, 2.45) is 17.8 Å². The smallest absolute Gasteiger partial charge is 0.409 e. The minimum Gasteiger partial charge on any atom is -0.491 e. The van der Waals surface area contributed by atoms with Gasteiger partial charge in [-0.05, 0) is 128 Å². The van der Waals surface area contributed by atoms with E-state index in [0.717, 1.165) is 29.1 Å². The molecule has 38 heavy (non-hydrogen) atoms. The maximum absolute atomic E-state index is 12.5. The van der Waals surface area contributed by atoms with E-state index in [4.69, 9.17) is 14.2 Å². The van der Waals surface area contributed by atoms with Crippen LogP contribution in [0.3, 0.4) is 0 Å². The number of amides is 1. The van der Waals surface area contributed by atoms with Crippen molar-refractivity contribution in [3.8, 4) is 17.6 Å². The van der Waals surface area contributed by atoms with E-state index in [0.29, 0.717) is 0 Å². The summed E-state index contributed by atoms with van der Waals surface area (Å²) in [7, 11) is 0. The van der Waals surface area contributed by atoms with E-state index in [1.54, 1.807) is 0 Å². The monoisotopic (exact) mass is 523 g/mol. The van der Waals surface area contributed by atoms with Gasteiger partial charge < -0.3 is 19.3 Å². The SMILES string of the molecule is CC(C)Oc1ccc(C#CC2(N(C(=O)O)C(C)(C)C)COC(C)(C)OC2)cc1C12CC3CC(CC(C3)C1)C2. The summed E-state index contributed by atoms with van der Waals surface area (Å²) >= 11 is 0. The Kier molecular flexibility index (Phi) is 6.80. The van der Waals surface area contributed by atoms with Gasteiger partial charge in [0.25, 0.3) is 0 Å². The molecular weight excluding hydrogens is 478 g/mol. The molecule has 0 atom stereocenters. The van der Waals surface area contributed by atoms with Crippen molar-refractivity contribution in [1.82, 2.24) is 4.90 Å². The second-order valence-corrected chi connectivity index (χ2v) is 14.1. The third kappa shape index (κ3) is 5.17. The van der Waals surface area contributed by atoms with Crippen LogP contribution in [-0.2, 0) is 14.9 Å². The zero-order chi connectivity index (χ0) is 27.5. The Labute approximate surface area is 228 Å². The van der Waals surface area contributed by atoms with Crippen molar-refractivity contribution >= 4 is 6.09 Å². The van der Waals surface area contributed by atoms with E-state index in [1.165, 1.54) is 49.0 Å². The summed E-state index contributed by atoms with van der Waals surface area (Å²) in [5, 5.41) is 10.2. The van der Waals surface area contributed by atoms with E-state index in [1.807, 2.05) is 40.7 Å². The fraction of sp³-hybridized carbons (Fsp3) is 0.719. The molecule has 1 aromatic rings. The molecule has 6 rings (SSSR count). The highest BCUT2D eigenvalue weighted by Crippen LogP contribution is 2.62. The Bertz CT molecular complexity index is 1090. The first kappa shape index (κ1) is 27.3. The zero-order valence-electron chi connectivity index (χ0n) is 24.2. The fourth-order valence-corrected chi connectivity index (χ4v) is 8.05. The van der Waals surface area contributed by atoms with E-state index in [-0.39, 0.29) is 24.7 Å². The molecule has 0 aromatic heterocycles. The first-order valence-electron chi connectivity index (χ1n) is 14.4. The van der Waals surface area contributed by atoms with Gasteiger partial charge in [0.05, 0.1) is 19.3 Å². The molecule has 1 aliphatic heterocycles. The molecule has 4 aliphatic carbocycles. The molecule has 0 spiro atoms. The number of hydrogen-bond donors (Lipinski definition) is 1. The molecule has 6 heteroatoms. The van der Waals surface area contributed by atoms with Crippen molar-refractivity contribution in [2.75, 3.05) is 13.2 Å². The third-order valence-electron chi connectivity index (χ3n) is 9.00. The molecule has 0 radical (unpaired) electrons. The number of ether oxygens (including phenoxy) is 3. The van der Waals surface area contributed by atoms with Gasteiger partial charge in [0.2, 0.25) is 0 Å². The van der Waals surface area contributed by atoms with Crippen LogP contribution >= 0.6 is 0 Å². The van der Waals surface area contributed by atoms with Crippen LogP contribution in [0.5, 0.6) is 5.75 Å². The summed E-state index contributed by atoms with van der Waals surface area (Å²) < 4.78 is 18.4. The molecule has 208 valence electrons. The van der Waals surface area contributed by atoms with Crippen LogP contribution in [0, 0.1) is 29.6 Å². The third-order valence-corrected chi connectivity index (χ3v) is 9.00. The van der Waals surface area contributed by atoms with Crippen molar-refractivity contribution in [1.29, 1.82) is 0 Å². The summed E-state index contributed by atoms with van der Waals surface area (Å²) in [6.45, 7) is 13.8. The van der Waals surface area contributed by atoms with Gasteiger partial charge in [0, 0.05) is 16.7 Å². The van der Waals surface area contributed by atoms with Crippen molar-refractivity contribution < 1.29 is 24.1 Å². The maximum atomic E-state index is 12.5. The number of carboxylic acid groups (broad SMARTS) is 1. The molecule has 4 saturated carbocycles. The number of nitrogens with zero attached hydrogens (tertiary/aromatic N) is 1. The van der Waals surface area contributed by atoms with Gasteiger partial charge in [-0.2, -0.15) is 0 Å². The van der Waals surface area contributed by atoms with Crippen molar-refractivity contribution in [3.05, 3.63) is 29.3 Å². The van der Waals surface area contributed by atoms with Crippen LogP contribution in [-0.4, -0.2) is 52.3 Å². The predicted octanol–water partition coefficient (Wildman–Crippen LogP) is 6.59. The van der Waals surface area contributed by atoms with Crippen molar-refractivity contribution in [2.45, 2.75) is 115 Å². The highest BCUT2D eigenvalue weighted by molar-refractivity contribution is 5.68. The lowest BCUT2D eigenvalue weighted by molar-refractivity contribution is -0.278. The van der Waals surface area contributed by atoms with E-state index >= 15 is 0 Å². The summed E-state index contributed by atoms with van der Waals surface area (Å²) in [5.41, 5.74) is 0.542. The summed E-state index contributed by atoms with van der Waals surface area (Å²) in [6, 6.07) is 6.33. The second kappa shape index (κ2) is 9.45. The summed E-state index contributed by atoms with van der Waals surface area (Å²) in [5.74, 6) is 9.38. The first-order valence-corrected chi connectivity index (χ1v) is 14.4. The molecule has 5 aliphatic rings. The lowest BCUT2D eigenvalue weighted by Gasteiger charge is -2.57. The average Bonchev–Trinajstić information content (AvgIpc) is 2.78. The lowest BCUT2D eigenvalue weighted by atomic mass is 9.48. The molecule has 0 unspecified atom stereocenters. The van der Waals surface area contributed by atoms with Gasteiger partial charge in [0.15, 0.2) is 11.3 Å². The Morgan fingerprint density at radius 3 is 2.08 bits per heavy atom. The highest BCUT2D eigenvalue weighted by Gasteiger charge is 2.53. The van der Waals surface area contributed by atoms with Gasteiger partial charge in [-0.15, -0.1) is 0 Å². The maximum Gasteiger partial charge on any atom is 0.409 e. The van der Waals surface area contributed by atoms with Crippen LogP contribution in [0.25, 0.3) is 0 Å². The molecule has 1 N–H and O–H groups in total. The largest absolute Gasteiger partial charge is 0.491 e. The quantitative estimate of drug-likeness (QED) is 0.451. The van der Waals surface area contributed by atoms with E-state index < -0.39 is 23.0 Å². The Morgan fingerprint density at radius 2 is 1.61 bits per heavy atom. The van der Waals surface area contributed by atoms with Gasteiger partial charge in [-0.1, -0.05) is 11.8 Å². The average molecular weight is 524 g/mol. The standard InChI is InChI=1S/C32H45NO5/c1-21(2)38-27-9-8-22(15-26(27)31-16-23-12-24(17-31)14-25(13-23)18-31)10-11-32(19-36-30(6,7)37-20-32)33(28(34)35)29(3,4)5/h8-9,15,21,23-25H,12-14,16-20H2,1-7H3,(H,34,35). The molecule has 6 nitrogen and oxygen atoms in total. The van der Waals surface area contributed by atoms with E-state index in [2.05, 4.69) is 37.8 Å². The number of rotatable bonds is 4. The van der Waals surface area contributed by atoms with E-state index in [9.17, 15) is 9.90 Å². The minimum absolute atomic E-state index is 0.0960. The van der Waals surface area contributed by atoms with Crippen LogP contribution in [0.1, 0.15) is 98.1 Å². The van der Waals surface area contributed by atoms with Crippen molar-refractivity contribution in [3.63, 3.8) is 0 Å². The van der Waals surface area contributed by atoms with Crippen LogP contribution in [0.2, 0.25) is 0 Å². The fourth-order valence-electron chi connectivity index (χ4n) is 8.05. The normalized spacial score (nSPS) is 31.0.